The van der Waals surface area contributed by atoms with E-state index in [0.29, 0.717) is 22.8 Å². The number of hydrazone groups is 1. The number of hydrogen-bond acceptors (Lipinski definition) is 6. The van der Waals surface area contributed by atoms with E-state index in [1.807, 2.05) is 0 Å². The Labute approximate surface area is 144 Å². The largest absolute Gasteiger partial charge is 0.493 e. The summed E-state index contributed by atoms with van der Waals surface area (Å²) in [6, 6.07) is 9.91. The lowest BCUT2D eigenvalue weighted by molar-refractivity contribution is -0.139. The van der Waals surface area contributed by atoms with Gasteiger partial charge >= 0.3 is 5.97 Å². The van der Waals surface area contributed by atoms with E-state index in [0.717, 1.165) is 0 Å². The predicted molar refractivity (Wildman–Crippen MR) is 90.0 cm³/mol. The zero-order valence-corrected chi connectivity index (χ0v) is 13.7. The number of carbonyl (C=O) groups is 2. The fourth-order valence-corrected chi connectivity index (χ4v) is 1.90. The summed E-state index contributed by atoms with van der Waals surface area (Å²) >= 11 is 0. The molecule has 0 fully saturated rings. The van der Waals surface area contributed by atoms with Crippen molar-refractivity contribution in [3.05, 3.63) is 53.9 Å². The Hall–Kier alpha value is -3.42. The number of carboxylic acid groups (broad SMARTS) is 1. The number of hydrogen-bond donors (Lipinski definition) is 2. The quantitative estimate of drug-likeness (QED) is 0.585. The van der Waals surface area contributed by atoms with Gasteiger partial charge in [0.05, 0.1) is 12.8 Å². The molecule has 0 aliphatic carbocycles. The molecule has 1 heterocycles. The first-order valence-corrected chi connectivity index (χ1v) is 7.30. The predicted octanol–water partition coefficient (Wildman–Crippen LogP) is 1.71. The van der Waals surface area contributed by atoms with Crippen molar-refractivity contribution in [1.29, 1.82) is 0 Å². The molecule has 8 heteroatoms. The van der Waals surface area contributed by atoms with Gasteiger partial charge in [-0.15, -0.1) is 0 Å². The van der Waals surface area contributed by atoms with Gasteiger partial charge in [-0.25, -0.2) is 10.2 Å². The van der Waals surface area contributed by atoms with Crippen LogP contribution in [-0.4, -0.2) is 41.4 Å². The Morgan fingerprint density at radius 1 is 1.24 bits per heavy atom. The van der Waals surface area contributed by atoms with Crippen LogP contribution >= 0.6 is 0 Å². The first kappa shape index (κ1) is 17.9. The molecule has 8 nitrogen and oxygen atoms in total. The summed E-state index contributed by atoms with van der Waals surface area (Å²) in [5.41, 5.74) is 3.90. The van der Waals surface area contributed by atoms with E-state index in [1.165, 1.54) is 13.3 Å². The fourth-order valence-electron chi connectivity index (χ4n) is 1.90. The zero-order chi connectivity index (χ0) is 18.2. The Bertz CT molecular complexity index is 790. The molecule has 2 N–H and O–H groups in total. The van der Waals surface area contributed by atoms with E-state index in [4.69, 9.17) is 14.6 Å². The average molecular weight is 343 g/mol. The summed E-state index contributed by atoms with van der Waals surface area (Å²) in [6.07, 6.45) is 1.52. The molecule has 0 aliphatic heterocycles. The lowest BCUT2D eigenvalue weighted by atomic mass is 10.1. The second kappa shape index (κ2) is 8.44. The van der Waals surface area contributed by atoms with E-state index < -0.39 is 18.5 Å². The Morgan fingerprint density at radius 2 is 2.04 bits per heavy atom. The van der Waals surface area contributed by atoms with Crippen molar-refractivity contribution in [2.75, 3.05) is 13.7 Å². The van der Waals surface area contributed by atoms with Crippen molar-refractivity contribution in [1.82, 2.24) is 10.4 Å². The maximum atomic E-state index is 11.9. The van der Waals surface area contributed by atoms with Crippen LogP contribution in [0.25, 0.3) is 0 Å². The molecule has 25 heavy (non-hydrogen) atoms. The molecule has 0 saturated carbocycles. The van der Waals surface area contributed by atoms with Crippen LogP contribution in [0.15, 0.2) is 47.7 Å². The fraction of sp³-hybridized carbons (Fsp3) is 0.176. The zero-order valence-electron chi connectivity index (χ0n) is 13.7. The standard InChI is InChI=1S/C17H17N3O5/c1-11(19-20-17(23)13-5-3-4-8-18-13)12-6-7-14(15(9-12)24-2)25-10-16(21)22/h3-9H,10H2,1-2H3,(H,20,23)(H,21,22)/b19-11-. The van der Waals surface area contributed by atoms with Gasteiger partial charge in [-0.1, -0.05) is 6.07 Å². The summed E-state index contributed by atoms with van der Waals surface area (Å²) < 4.78 is 10.3. The number of pyridine rings is 1. The monoisotopic (exact) mass is 343 g/mol. The van der Waals surface area contributed by atoms with Gasteiger partial charge in [-0.05, 0) is 37.3 Å². The number of amides is 1. The lowest BCUT2D eigenvalue weighted by Crippen LogP contribution is -2.20. The third-order valence-corrected chi connectivity index (χ3v) is 3.16. The highest BCUT2D eigenvalue weighted by atomic mass is 16.5. The van der Waals surface area contributed by atoms with Crippen LogP contribution in [0, 0.1) is 0 Å². The van der Waals surface area contributed by atoms with Crippen molar-refractivity contribution in [3.8, 4) is 11.5 Å². The normalized spacial score (nSPS) is 10.9. The molecule has 0 aliphatic rings. The number of aliphatic carboxylic acids is 1. The Morgan fingerprint density at radius 3 is 2.68 bits per heavy atom. The van der Waals surface area contributed by atoms with Crippen LogP contribution in [0.2, 0.25) is 0 Å². The van der Waals surface area contributed by atoms with Crippen molar-refractivity contribution >= 4 is 17.6 Å². The van der Waals surface area contributed by atoms with E-state index in [1.54, 1.807) is 43.3 Å². The van der Waals surface area contributed by atoms with E-state index in [9.17, 15) is 9.59 Å². The van der Waals surface area contributed by atoms with Crippen LogP contribution in [0.1, 0.15) is 23.0 Å². The summed E-state index contributed by atoms with van der Waals surface area (Å²) in [7, 11) is 1.45. The highest BCUT2D eigenvalue weighted by molar-refractivity contribution is 6.00. The number of nitrogens with one attached hydrogen (secondary N) is 1. The first-order valence-electron chi connectivity index (χ1n) is 7.30. The second-order valence-corrected chi connectivity index (χ2v) is 4.90. The SMILES string of the molecule is COc1cc(/C(C)=N\NC(=O)c2ccccn2)ccc1OCC(=O)O. The molecular formula is C17H17N3O5. The van der Waals surface area contributed by atoms with Crippen LogP contribution in [0.3, 0.4) is 0 Å². The average Bonchev–Trinajstić information content (AvgIpc) is 2.64. The van der Waals surface area contributed by atoms with Gasteiger partial charge in [-0.3, -0.25) is 9.78 Å². The molecule has 2 rings (SSSR count). The summed E-state index contributed by atoms with van der Waals surface area (Å²) in [4.78, 5) is 26.4. The van der Waals surface area contributed by atoms with Crippen LogP contribution in [0.5, 0.6) is 11.5 Å². The van der Waals surface area contributed by atoms with Crippen molar-refractivity contribution in [2.45, 2.75) is 6.92 Å². The van der Waals surface area contributed by atoms with Gasteiger partial charge < -0.3 is 14.6 Å². The summed E-state index contributed by atoms with van der Waals surface area (Å²) in [5, 5.41) is 12.7. The molecule has 0 unspecified atom stereocenters. The maximum Gasteiger partial charge on any atom is 0.341 e. The lowest BCUT2D eigenvalue weighted by Gasteiger charge is -2.11. The van der Waals surface area contributed by atoms with Gasteiger partial charge in [0.15, 0.2) is 18.1 Å². The molecule has 1 aromatic carbocycles. The van der Waals surface area contributed by atoms with Crippen molar-refractivity contribution < 1.29 is 24.2 Å². The molecule has 2 aromatic rings. The molecular weight excluding hydrogens is 326 g/mol. The van der Waals surface area contributed by atoms with E-state index in [-0.39, 0.29) is 5.69 Å². The highest BCUT2D eigenvalue weighted by Crippen LogP contribution is 2.28. The van der Waals surface area contributed by atoms with Gasteiger partial charge in [0.1, 0.15) is 5.69 Å². The van der Waals surface area contributed by atoms with Crippen LogP contribution in [0.4, 0.5) is 0 Å². The third kappa shape index (κ3) is 5.03. The molecule has 0 spiro atoms. The molecule has 0 saturated heterocycles. The molecule has 1 aromatic heterocycles. The summed E-state index contributed by atoms with van der Waals surface area (Å²) in [6.45, 7) is 1.24. The minimum Gasteiger partial charge on any atom is -0.493 e. The molecule has 0 radical (unpaired) electrons. The third-order valence-electron chi connectivity index (χ3n) is 3.16. The van der Waals surface area contributed by atoms with Crippen LogP contribution < -0.4 is 14.9 Å². The maximum absolute atomic E-state index is 11.9. The van der Waals surface area contributed by atoms with Crippen molar-refractivity contribution in [2.24, 2.45) is 5.10 Å². The number of carboxylic acids is 1. The van der Waals surface area contributed by atoms with Gasteiger partial charge in [0.2, 0.25) is 0 Å². The number of aromatic nitrogens is 1. The van der Waals surface area contributed by atoms with Gasteiger partial charge in [-0.2, -0.15) is 5.10 Å². The van der Waals surface area contributed by atoms with E-state index >= 15 is 0 Å². The number of methoxy groups -OCH3 is 1. The molecule has 0 bridgehead atoms. The topological polar surface area (TPSA) is 110 Å². The first-order chi connectivity index (χ1) is 12.0. The minimum absolute atomic E-state index is 0.258. The van der Waals surface area contributed by atoms with E-state index in [2.05, 4.69) is 15.5 Å². The Balaban J connectivity index is 2.11. The highest BCUT2D eigenvalue weighted by Gasteiger charge is 2.10. The number of rotatable bonds is 7. The second-order valence-electron chi connectivity index (χ2n) is 4.90. The number of nitrogens with zero attached hydrogens (tertiary/aromatic N) is 2. The van der Waals surface area contributed by atoms with Gasteiger partial charge in [0.25, 0.3) is 5.91 Å². The molecule has 1 amide bonds. The minimum atomic E-state index is -1.08. The molecule has 130 valence electrons. The number of benzene rings is 1. The molecule has 0 atom stereocenters. The summed E-state index contributed by atoms with van der Waals surface area (Å²) in [5.74, 6) is -0.835. The number of carbonyl (C=O) groups excluding carboxylic acids is 1. The number of ether oxygens (including phenoxy) is 2. The van der Waals surface area contributed by atoms with Crippen molar-refractivity contribution in [3.63, 3.8) is 0 Å². The van der Waals surface area contributed by atoms with Gasteiger partial charge in [0, 0.05) is 11.8 Å². The smallest absolute Gasteiger partial charge is 0.341 e. The van der Waals surface area contributed by atoms with Crippen LogP contribution in [-0.2, 0) is 4.79 Å². The Kier molecular flexibility index (Phi) is 6.05.